The topological polar surface area (TPSA) is 82.3 Å². The summed E-state index contributed by atoms with van der Waals surface area (Å²) in [4.78, 5) is 12.9. The third kappa shape index (κ3) is 3.18. The van der Waals surface area contributed by atoms with Crippen molar-refractivity contribution in [3.8, 4) is 22.6 Å². The van der Waals surface area contributed by atoms with Gasteiger partial charge in [-0.1, -0.05) is 24.3 Å². The van der Waals surface area contributed by atoms with E-state index in [1.165, 1.54) is 12.1 Å². The number of halogens is 1. The molecule has 0 radical (unpaired) electrons. The minimum Gasteiger partial charge on any atom is -0.337 e. The molecule has 3 aromatic heterocycles. The smallest absolute Gasteiger partial charge is 0.159 e. The van der Waals surface area contributed by atoms with Gasteiger partial charge in [-0.2, -0.15) is 5.10 Å². The molecule has 0 bridgehead atoms. The van der Waals surface area contributed by atoms with Crippen LogP contribution >= 0.6 is 0 Å². The normalized spacial score (nSPS) is 15.1. The Morgan fingerprint density at radius 2 is 1.84 bits per heavy atom. The fourth-order valence-corrected chi connectivity index (χ4v) is 4.49. The summed E-state index contributed by atoms with van der Waals surface area (Å²) in [7, 11) is 0. The molecule has 2 aromatic carbocycles. The Labute approximate surface area is 177 Å². The van der Waals surface area contributed by atoms with Gasteiger partial charge in [-0.05, 0) is 55.8 Å². The molecule has 0 atom stereocenters. The van der Waals surface area contributed by atoms with Crippen molar-refractivity contribution in [1.82, 2.24) is 30.5 Å². The lowest BCUT2D eigenvalue weighted by Gasteiger charge is -2.21. The van der Waals surface area contributed by atoms with Crippen LogP contribution in [0.15, 0.2) is 54.7 Å². The molecular formula is C24H21FN6. The molecule has 0 amide bonds. The highest BCUT2D eigenvalue weighted by atomic mass is 19.1. The first-order chi connectivity index (χ1) is 15.3. The van der Waals surface area contributed by atoms with Crippen LogP contribution < -0.4 is 5.32 Å². The molecule has 4 heterocycles. The highest BCUT2D eigenvalue weighted by Gasteiger charge is 2.20. The van der Waals surface area contributed by atoms with E-state index in [0.29, 0.717) is 11.7 Å². The van der Waals surface area contributed by atoms with Crippen LogP contribution in [0, 0.1) is 5.82 Å². The lowest BCUT2D eigenvalue weighted by Crippen LogP contribution is -2.27. The van der Waals surface area contributed by atoms with Gasteiger partial charge in [0.25, 0.3) is 0 Å². The van der Waals surface area contributed by atoms with Crippen LogP contribution in [-0.4, -0.2) is 38.2 Å². The quantitative estimate of drug-likeness (QED) is 0.399. The van der Waals surface area contributed by atoms with E-state index in [1.807, 2.05) is 30.5 Å². The van der Waals surface area contributed by atoms with Crippen LogP contribution in [-0.2, 0) is 0 Å². The van der Waals surface area contributed by atoms with Crippen molar-refractivity contribution < 1.29 is 4.39 Å². The molecule has 0 spiro atoms. The van der Waals surface area contributed by atoms with E-state index in [2.05, 4.69) is 31.5 Å². The number of hydrogen-bond acceptors (Lipinski definition) is 4. The number of rotatable bonds is 3. The maximum absolute atomic E-state index is 13.8. The van der Waals surface area contributed by atoms with Crippen LogP contribution in [0.5, 0.6) is 0 Å². The second kappa shape index (κ2) is 7.28. The Morgan fingerprint density at radius 3 is 2.71 bits per heavy atom. The van der Waals surface area contributed by atoms with Crippen LogP contribution in [0.3, 0.4) is 0 Å². The molecule has 0 saturated carbocycles. The van der Waals surface area contributed by atoms with Gasteiger partial charge in [-0.15, -0.1) is 0 Å². The zero-order chi connectivity index (χ0) is 20.8. The van der Waals surface area contributed by atoms with E-state index in [9.17, 15) is 4.39 Å². The van der Waals surface area contributed by atoms with E-state index in [1.54, 1.807) is 6.07 Å². The van der Waals surface area contributed by atoms with Crippen molar-refractivity contribution in [3.05, 3.63) is 66.2 Å². The number of benzene rings is 2. The van der Waals surface area contributed by atoms with Crippen molar-refractivity contribution in [1.29, 1.82) is 0 Å². The monoisotopic (exact) mass is 412 g/mol. The Bertz CT molecular complexity index is 1400. The predicted octanol–water partition coefficient (Wildman–Crippen LogP) is 4.77. The van der Waals surface area contributed by atoms with Crippen LogP contribution in [0.2, 0.25) is 0 Å². The van der Waals surface area contributed by atoms with Crippen molar-refractivity contribution >= 4 is 21.9 Å². The molecule has 0 unspecified atom stereocenters. The number of pyridine rings is 1. The third-order valence-corrected chi connectivity index (χ3v) is 6.10. The van der Waals surface area contributed by atoms with Crippen molar-refractivity contribution in [2.45, 2.75) is 18.8 Å². The Kier molecular flexibility index (Phi) is 4.28. The van der Waals surface area contributed by atoms with Crippen LogP contribution in [0.4, 0.5) is 4.39 Å². The molecule has 1 aliphatic heterocycles. The number of para-hydroxylation sites is 1. The highest BCUT2D eigenvalue weighted by Crippen LogP contribution is 2.33. The van der Waals surface area contributed by atoms with Gasteiger partial charge in [0.05, 0.1) is 22.7 Å². The van der Waals surface area contributed by atoms with Gasteiger partial charge in [0.2, 0.25) is 0 Å². The molecule has 6 nitrogen and oxygen atoms in total. The van der Waals surface area contributed by atoms with Gasteiger partial charge >= 0.3 is 0 Å². The summed E-state index contributed by atoms with van der Waals surface area (Å²) in [5.41, 5.74) is 6.14. The molecule has 6 rings (SSSR count). The zero-order valence-corrected chi connectivity index (χ0v) is 16.8. The van der Waals surface area contributed by atoms with Gasteiger partial charge in [-0.3, -0.25) is 10.1 Å². The van der Waals surface area contributed by atoms with Crippen LogP contribution in [0.1, 0.15) is 24.5 Å². The third-order valence-electron chi connectivity index (χ3n) is 6.10. The van der Waals surface area contributed by atoms with Gasteiger partial charge < -0.3 is 10.3 Å². The first-order valence-electron chi connectivity index (χ1n) is 10.6. The number of H-pyrrole nitrogens is 2. The van der Waals surface area contributed by atoms with Gasteiger partial charge in [0.15, 0.2) is 5.82 Å². The summed E-state index contributed by atoms with van der Waals surface area (Å²) in [6.45, 7) is 2.05. The molecule has 0 aliphatic carbocycles. The Balaban J connectivity index is 1.47. The lowest BCUT2D eigenvalue weighted by atomic mass is 9.93. The first-order valence-corrected chi connectivity index (χ1v) is 10.6. The first kappa shape index (κ1) is 18.2. The average Bonchev–Trinajstić information content (AvgIpc) is 3.43. The van der Waals surface area contributed by atoms with Crippen molar-refractivity contribution in [3.63, 3.8) is 0 Å². The molecular weight excluding hydrogens is 391 g/mol. The van der Waals surface area contributed by atoms with Crippen molar-refractivity contribution in [2.75, 3.05) is 13.1 Å². The molecule has 3 N–H and O–H groups in total. The largest absolute Gasteiger partial charge is 0.337 e. The van der Waals surface area contributed by atoms with Gasteiger partial charge in [-0.25, -0.2) is 9.37 Å². The molecule has 7 heteroatoms. The number of nitrogens with zero attached hydrogens (tertiary/aromatic N) is 3. The van der Waals surface area contributed by atoms with E-state index in [-0.39, 0.29) is 5.82 Å². The maximum Gasteiger partial charge on any atom is 0.159 e. The summed E-state index contributed by atoms with van der Waals surface area (Å²) >= 11 is 0. The molecule has 1 aliphatic rings. The summed E-state index contributed by atoms with van der Waals surface area (Å²) in [6.07, 6.45) is 4.05. The number of imidazole rings is 1. The highest BCUT2D eigenvalue weighted by molar-refractivity contribution is 5.97. The van der Waals surface area contributed by atoms with Crippen LogP contribution in [0.25, 0.3) is 44.6 Å². The molecule has 5 aromatic rings. The number of piperidine rings is 1. The second-order valence-electron chi connectivity index (χ2n) is 8.05. The number of nitrogens with one attached hydrogen (secondary N) is 3. The van der Waals surface area contributed by atoms with E-state index in [0.717, 1.165) is 70.4 Å². The molecule has 1 saturated heterocycles. The maximum atomic E-state index is 13.8. The molecule has 154 valence electrons. The summed E-state index contributed by atoms with van der Waals surface area (Å²) in [6, 6.07) is 14.6. The summed E-state index contributed by atoms with van der Waals surface area (Å²) in [5, 5.41) is 12.0. The summed E-state index contributed by atoms with van der Waals surface area (Å²) < 4.78 is 13.8. The number of aromatic nitrogens is 5. The Hall–Kier alpha value is -3.58. The molecule has 31 heavy (non-hydrogen) atoms. The number of aromatic amines is 2. The fraction of sp³-hybridized carbons (Fsp3) is 0.208. The SMILES string of the molecule is Fc1cccc(-c2cccc3[nH]c(-c4n[nH]c5cnc(C6CCNCC6)cc45)nc23)c1. The standard InChI is InChI=1S/C24H21FN6/c25-16-4-1-3-15(11-16)17-5-2-6-19-22(17)29-24(28-19)23-18-12-20(14-7-9-26-10-8-14)27-13-21(18)30-31-23/h1-6,11-14,26H,7-10H2,(H,28,29)(H,30,31). The van der Waals surface area contributed by atoms with E-state index >= 15 is 0 Å². The number of hydrogen-bond donors (Lipinski definition) is 3. The summed E-state index contributed by atoms with van der Waals surface area (Å²) in [5.74, 6) is 0.887. The van der Waals surface area contributed by atoms with Gasteiger partial charge in [0, 0.05) is 22.6 Å². The number of fused-ring (bicyclic) bond motifs is 2. The van der Waals surface area contributed by atoms with Crippen molar-refractivity contribution in [2.24, 2.45) is 0 Å². The fourth-order valence-electron chi connectivity index (χ4n) is 4.49. The zero-order valence-electron chi connectivity index (χ0n) is 16.8. The molecule has 1 fully saturated rings. The minimum atomic E-state index is -0.263. The second-order valence-corrected chi connectivity index (χ2v) is 8.05. The Morgan fingerprint density at radius 1 is 0.968 bits per heavy atom. The lowest BCUT2D eigenvalue weighted by molar-refractivity contribution is 0.453. The van der Waals surface area contributed by atoms with E-state index in [4.69, 9.17) is 4.98 Å². The van der Waals surface area contributed by atoms with E-state index < -0.39 is 0 Å². The minimum absolute atomic E-state index is 0.263. The van der Waals surface area contributed by atoms with Gasteiger partial charge in [0.1, 0.15) is 11.5 Å². The average molecular weight is 412 g/mol. The predicted molar refractivity (Wildman–Crippen MR) is 119 cm³/mol.